The maximum Gasteiger partial charge on any atom is 0.264 e. The molecular weight excluding hydrogens is 436 g/mol. The first kappa shape index (κ1) is 22.3. The average molecular weight is 465 g/mol. The standard InChI is InChI=1S/C22H28N2O5S2/c1-22(2,3)18-4-6-19(7-5-18)31(27,28)24-11-10-17-16-20(8-9-21(17)24)30(25,26)23-12-14-29-15-13-23/h4-9,16H,10-15H2,1-3H3. The monoisotopic (exact) mass is 464 g/mol. The first-order valence-electron chi connectivity index (χ1n) is 10.4. The van der Waals surface area contributed by atoms with Gasteiger partial charge in [-0.1, -0.05) is 32.9 Å². The average Bonchev–Trinajstić information content (AvgIpc) is 3.18. The highest BCUT2D eigenvalue weighted by Gasteiger charge is 2.33. The summed E-state index contributed by atoms with van der Waals surface area (Å²) in [4.78, 5) is 0.431. The molecule has 0 atom stereocenters. The van der Waals surface area contributed by atoms with Crippen molar-refractivity contribution in [1.29, 1.82) is 0 Å². The molecule has 9 heteroatoms. The molecule has 2 aliphatic rings. The first-order valence-corrected chi connectivity index (χ1v) is 13.2. The van der Waals surface area contributed by atoms with Gasteiger partial charge < -0.3 is 4.74 Å². The van der Waals surface area contributed by atoms with Crippen molar-refractivity contribution < 1.29 is 21.6 Å². The van der Waals surface area contributed by atoms with Crippen LogP contribution in [-0.2, 0) is 36.6 Å². The van der Waals surface area contributed by atoms with E-state index in [9.17, 15) is 16.8 Å². The maximum absolute atomic E-state index is 13.3. The lowest BCUT2D eigenvalue weighted by molar-refractivity contribution is 0.0730. The summed E-state index contributed by atoms with van der Waals surface area (Å²) in [6.45, 7) is 7.93. The van der Waals surface area contributed by atoms with Crippen LogP contribution in [0.25, 0.3) is 0 Å². The minimum atomic E-state index is -3.73. The number of morpholine rings is 1. The zero-order valence-corrected chi connectivity index (χ0v) is 19.7. The lowest BCUT2D eigenvalue weighted by atomic mass is 9.87. The van der Waals surface area contributed by atoms with Crippen molar-refractivity contribution in [2.24, 2.45) is 0 Å². The van der Waals surface area contributed by atoms with Crippen LogP contribution < -0.4 is 4.31 Å². The van der Waals surface area contributed by atoms with Crippen molar-refractivity contribution in [3.63, 3.8) is 0 Å². The van der Waals surface area contributed by atoms with Crippen molar-refractivity contribution >= 4 is 25.7 Å². The molecule has 1 fully saturated rings. The number of ether oxygens (including phenoxy) is 1. The van der Waals surface area contributed by atoms with Gasteiger partial charge in [0.25, 0.3) is 10.0 Å². The molecule has 2 aromatic rings. The number of fused-ring (bicyclic) bond motifs is 1. The fourth-order valence-electron chi connectivity index (χ4n) is 3.95. The van der Waals surface area contributed by atoms with Crippen LogP contribution in [-0.4, -0.2) is 54.0 Å². The van der Waals surface area contributed by atoms with E-state index in [0.717, 1.165) is 11.1 Å². The van der Waals surface area contributed by atoms with Crippen LogP contribution in [0.3, 0.4) is 0 Å². The van der Waals surface area contributed by atoms with E-state index in [1.807, 2.05) is 12.1 Å². The number of nitrogens with zero attached hydrogens (tertiary/aromatic N) is 2. The Kier molecular flexibility index (Phi) is 5.66. The van der Waals surface area contributed by atoms with Gasteiger partial charge >= 0.3 is 0 Å². The van der Waals surface area contributed by atoms with Gasteiger partial charge in [-0.3, -0.25) is 4.31 Å². The van der Waals surface area contributed by atoms with E-state index < -0.39 is 20.0 Å². The van der Waals surface area contributed by atoms with Crippen LogP contribution in [0.1, 0.15) is 31.9 Å². The molecular formula is C22H28N2O5S2. The van der Waals surface area contributed by atoms with Gasteiger partial charge in [-0.05, 0) is 53.3 Å². The van der Waals surface area contributed by atoms with E-state index in [0.29, 0.717) is 45.0 Å². The summed E-state index contributed by atoms with van der Waals surface area (Å²) < 4.78 is 60.5. The fourth-order valence-corrected chi connectivity index (χ4v) is 6.91. The van der Waals surface area contributed by atoms with Gasteiger partial charge in [-0.2, -0.15) is 4.31 Å². The molecule has 1 saturated heterocycles. The molecule has 0 aliphatic carbocycles. The van der Waals surface area contributed by atoms with Crippen molar-refractivity contribution in [1.82, 2.24) is 4.31 Å². The topological polar surface area (TPSA) is 84.0 Å². The number of benzene rings is 2. The number of anilines is 1. The van der Waals surface area contributed by atoms with Gasteiger partial charge in [0.1, 0.15) is 0 Å². The molecule has 0 spiro atoms. The van der Waals surface area contributed by atoms with Gasteiger partial charge in [0, 0.05) is 19.6 Å². The van der Waals surface area contributed by atoms with Crippen LogP contribution in [0.4, 0.5) is 5.69 Å². The zero-order chi connectivity index (χ0) is 22.4. The smallest absolute Gasteiger partial charge is 0.264 e. The largest absolute Gasteiger partial charge is 0.379 e. The van der Waals surface area contributed by atoms with E-state index in [1.165, 1.54) is 14.7 Å². The molecule has 0 amide bonds. The Balaban J connectivity index is 1.63. The van der Waals surface area contributed by atoms with Gasteiger partial charge in [0.05, 0.1) is 28.7 Å². The van der Waals surface area contributed by atoms with Crippen LogP contribution in [0.2, 0.25) is 0 Å². The predicted molar refractivity (Wildman–Crippen MR) is 119 cm³/mol. The summed E-state index contributed by atoms with van der Waals surface area (Å²) in [7, 11) is -7.35. The summed E-state index contributed by atoms with van der Waals surface area (Å²) in [5.74, 6) is 0. The number of hydrogen-bond acceptors (Lipinski definition) is 5. The summed E-state index contributed by atoms with van der Waals surface area (Å²) >= 11 is 0. The second kappa shape index (κ2) is 7.88. The SMILES string of the molecule is CC(C)(C)c1ccc(S(=O)(=O)N2CCc3cc(S(=O)(=O)N4CCOCC4)ccc32)cc1. The van der Waals surface area contributed by atoms with Crippen molar-refractivity contribution in [2.45, 2.75) is 42.4 Å². The number of rotatable bonds is 4. The highest BCUT2D eigenvalue weighted by Crippen LogP contribution is 2.35. The highest BCUT2D eigenvalue weighted by atomic mass is 32.2. The van der Waals surface area contributed by atoms with E-state index in [-0.39, 0.29) is 15.2 Å². The van der Waals surface area contributed by atoms with E-state index >= 15 is 0 Å². The van der Waals surface area contributed by atoms with Crippen LogP contribution in [0.15, 0.2) is 52.3 Å². The molecule has 0 N–H and O–H groups in total. The Hall–Kier alpha value is -1.94. The summed E-state index contributed by atoms with van der Waals surface area (Å²) in [5.41, 5.74) is 2.27. The molecule has 2 heterocycles. The Morgan fingerprint density at radius 3 is 2.03 bits per heavy atom. The minimum absolute atomic E-state index is 0.0646. The van der Waals surface area contributed by atoms with Crippen molar-refractivity contribution in [2.75, 3.05) is 37.2 Å². The van der Waals surface area contributed by atoms with Crippen LogP contribution in [0, 0.1) is 0 Å². The molecule has 0 radical (unpaired) electrons. The molecule has 4 rings (SSSR count). The molecule has 0 unspecified atom stereocenters. The summed E-state index contributed by atoms with van der Waals surface area (Å²) in [5, 5.41) is 0. The molecule has 2 aromatic carbocycles. The van der Waals surface area contributed by atoms with Crippen molar-refractivity contribution in [3.05, 3.63) is 53.6 Å². The molecule has 31 heavy (non-hydrogen) atoms. The quantitative estimate of drug-likeness (QED) is 0.695. The van der Waals surface area contributed by atoms with E-state index in [1.54, 1.807) is 24.3 Å². The third kappa shape index (κ3) is 4.11. The third-order valence-electron chi connectivity index (χ3n) is 5.82. The molecule has 7 nitrogen and oxygen atoms in total. The second-order valence-electron chi connectivity index (χ2n) is 8.91. The van der Waals surface area contributed by atoms with Gasteiger partial charge in [-0.25, -0.2) is 16.8 Å². The fraction of sp³-hybridized carbons (Fsp3) is 0.455. The normalized spacial score (nSPS) is 18.2. The van der Waals surface area contributed by atoms with Gasteiger partial charge in [0.2, 0.25) is 10.0 Å². The minimum Gasteiger partial charge on any atom is -0.379 e. The summed E-state index contributed by atoms with van der Waals surface area (Å²) in [6.07, 6.45) is 0.473. The highest BCUT2D eigenvalue weighted by molar-refractivity contribution is 7.92. The predicted octanol–water partition coefficient (Wildman–Crippen LogP) is 2.76. The van der Waals surface area contributed by atoms with Gasteiger partial charge in [0.15, 0.2) is 0 Å². The number of hydrogen-bond donors (Lipinski definition) is 0. The molecule has 2 aliphatic heterocycles. The molecule has 168 valence electrons. The molecule has 0 aromatic heterocycles. The molecule has 0 bridgehead atoms. The molecule has 0 saturated carbocycles. The summed E-state index contributed by atoms with van der Waals surface area (Å²) in [6, 6.07) is 11.7. The third-order valence-corrected chi connectivity index (χ3v) is 9.54. The Bertz CT molecular complexity index is 1180. The Labute approximate surface area is 184 Å². The Morgan fingerprint density at radius 2 is 1.42 bits per heavy atom. The Morgan fingerprint density at radius 1 is 0.806 bits per heavy atom. The van der Waals surface area contributed by atoms with E-state index in [2.05, 4.69) is 20.8 Å². The zero-order valence-electron chi connectivity index (χ0n) is 18.0. The van der Waals surface area contributed by atoms with Crippen LogP contribution >= 0.6 is 0 Å². The van der Waals surface area contributed by atoms with Crippen LogP contribution in [0.5, 0.6) is 0 Å². The van der Waals surface area contributed by atoms with E-state index in [4.69, 9.17) is 4.74 Å². The number of sulfonamides is 2. The van der Waals surface area contributed by atoms with Crippen molar-refractivity contribution in [3.8, 4) is 0 Å². The second-order valence-corrected chi connectivity index (χ2v) is 12.7. The first-order chi connectivity index (χ1) is 14.5. The maximum atomic E-state index is 13.3. The lowest BCUT2D eigenvalue weighted by Crippen LogP contribution is -2.40. The lowest BCUT2D eigenvalue weighted by Gasteiger charge is -2.26. The van der Waals surface area contributed by atoms with Gasteiger partial charge in [-0.15, -0.1) is 0 Å².